The van der Waals surface area contributed by atoms with Crippen molar-refractivity contribution in [3.63, 3.8) is 0 Å². The number of nitrogens with one attached hydrogen (secondary N) is 1. The largest absolute Gasteiger partial charge is 0.366 e. The van der Waals surface area contributed by atoms with Crippen LogP contribution in [-0.4, -0.2) is 31.1 Å². The van der Waals surface area contributed by atoms with E-state index in [4.69, 9.17) is 0 Å². The van der Waals surface area contributed by atoms with Crippen molar-refractivity contribution in [1.82, 2.24) is 25.0 Å². The van der Waals surface area contributed by atoms with E-state index in [0.29, 0.717) is 11.7 Å². The number of hydrogen-bond donors (Lipinski definition) is 1. The first kappa shape index (κ1) is 11.8. The van der Waals surface area contributed by atoms with Crippen molar-refractivity contribution in [2.24, 2.45) is 0 Å². The molecule has 0 aromatic carbocycles. The standard InChI is InChI=1S/C11H18N6/c1-3-4-5-6-9(2)13-10-7-12-8-11-14-15-16-17(10)11/h7-9,13H,3-6H2,1-2H3. The third-order valence-electron chi connectivity index (χ3n) is 2.74. The molecule has 1 N–H and O–H groups in total. The molecular weight excluding hydrogens is 216 g/mol. The van der Waals surface area contributed by atoms with E-state index < -0.39 is 0 Å². The van der Waals surface area contributed by atoms with Gasteiger partial charge in [-0.2, -0.15) is 4.52 Å². The Bertz CT molecular complexity index is 466. The second-order valence-electron chi connectivity index (χ2n) is 4.28. The van der Waals surface area contributed by atoms with Crippen molar-refractivity contribution in [1.29, 1.82) is 0 Å². The molecule has 0 aliphatic heterocycles. The highest BCUT2D eigenvalue weighted by Gasteiger charge is 2.07. The first-order chi connectivity index (χ1) is 8.31. The Balaban J connectivity index is 2.00. The minimum Gasteiger partial charge on any atom is -0.366 e. The van der Waals surface area contributed by atoms with Gasteiger partial charge in [-0.3, -0.25) is 4.98 Å². The molecule has 2 aromatic rings. The van der Waals surface area contributed by atoms with Gasteiger partial charge in [-0.15, -0.1) is 5.10 Å². The summed E-state index contributed by atoms with van der Waals surface area (Å²) in [6.45, 7) is 4.38. The Hall–Kier alpha value is -1.72. The molecule has 1 atom stereocenters. The van der Waals surface area contributed by atoms with E-state index >= 15 is 0 Å². The van der Waals surface area contributed by atoms with Crippen LogP contribution in [0.3, 0.4) is 0 Å². The van der Waals surface area contributed by atoms with E-state index in [2.05, 4.69) is 39.7 Å². The molecular formula is C11H18N6. The maximum Gasteiger partial charge on any atom is 0.199 e. The molecule has 92 valence electrons. The van der Waals surface area contributed by atoms with Gasteiger partial charge in [0.15, 0.2) is 11.5 Å². The molecule has 6 heteroatoms. The molecule has 2 rings (SSSR count). The maximum atomic E-state index is 4.11. The Kier molecular flexibility index (Phi) is 3.85. The molecule has 0 radical (unpaired) electrons. The van der Waals surface area contributed by atoms with Crippen molar-refractivity contribution in [3.8, 4) is 0 Å². The molecule has 2 heterocycles. The fourth-order valence-electron chi connectivity index (χ4n) is 1.80. The molecule has 0 aliphatic carbocycles. The lowest BCUT2D eigenvalue weighted by molar-refractivity contribution is 0.611. The molecule has 17 heavy (non-hydrogen) atoms. The highest BCUT2D eigenvalue weighted by molar-refractivity contribution is 5.44. The summed E-state index contributed by atoms with van der Waals surface area (Å²) < 4.78 is 1.67. The summed E-state index contributed by atoms with van der Waals surface area (Å²) in [6.07, 6.45) is 8.30. The van der Waals surface area contributed by atoms with Gasteiger partial charge < -0.3 is 5.32 Å². The quantitative estimate of drug-likeness (QED) is 0.773. The molecule has 0 fully saturated rings. The normalized spacial score (nSPS) is 12.8. The third-order valence-corrected chi connectivity index (χ3v) is 2.74. The number of tetrazole rings is 1. The highest BCUT2D eigenvalue weighted by atomic mass is 15.5. The number of nitrogens with zero attached hydrogens (tertiary/aromatic N) is 5. The zero-order valence-electron chi connectivity index (χ0n) is 10.3. The van der Waals surface area contributed by atoms with Gasteiger partial charge in [-0.25, -0.2) is 0 Å². The average molecular weight is 234 g/mol. The molecule has 0 saturated heterocycles. The fourth-order valence-corrected chi connectivity index (χ4v) is 1.80. The van der Waals surface area contributed by atoms with Gasteiger partial charge in [0.05, 0.1) is 12.4 Å². The van der Waals surface area contributed by atoms with Crippen LogP contribution in [0.1, 0.15) is 39.5 Å². The number of hydrogen-bond acceptors (Lipinski definition) is 5. The Morgan fingerprint density at radius 3 is 3.06 bits per heavy atom. The smallest absolute Gasteiger partial charge is 0.199 e. The van der Waals surface area contributed by atoms with Gasteiger partial charge in [0, 0.05) is 6.04 Å². The molecule has 2 aromatic heterocycles. The van der Waals surface area contributed by atoms with E-state index in [-0.39, 0.29) is 0 Å². The summed E-state index contributed by atoms with van der Waals surface area (Å²) in [6, 6.07) is 0.401. The van der Waals surface area contributed by atoms with E-state index in [1.807, 2.05) is 0 Å². The van der Waals surface area contributed by atoms with Gasteiger partial charge >= 0.3 is 0 Å². The van der Waals surface area contributed by atoms with Crippen LogP contribution in [0.15, 0.2) is 12.4 Å². The molecule has 0 bridgehead atoms. The molecule has 0 saturated carbocycles. The first-order valence-corrected chi connectivity index (χ1v) is 6.10. The zero-order valence-corrected chi connectivity index (χ0v) is 10.3. The van der Waals surface area contributed by atoms with Gasteiger partial charge in [0.2, 0.25) is 0 Å². The van der Waals surface area contributed by atoms with E-state index in [1.165, 1.54) is 19.3 Å². The van der Waals surface area contributed by atoms with Gasteiger partial charge in [-0.1, -0.05) is 26.2 Å². The molecule has 0 aliphatic rings. The minimum atomic E-state index is 0.401. The summed E-state index contributed by atoms with van der Waals surface area (Å²) in [7, 11) is 0. The second-order valence-corrected chi connectivity index (χ2v) is 4.28. The van der Waals surface area contributed by atoms with Crippen LogP contribution in [0.25, 0.3) is 5.65 Å². The van der Waals surface area contributed by atoms with Crippen molar-refractivity contribution >= 4 is 11.5 Å². The SMILES string of the molecule is CCCCCC(C)Nc1cncc2nnnn12. The van der Waals surface area contributed by atoms with Crippen LogP contribution in [0.4, 0.5) is 5.82 Å². The Labute approximate surface area is 100 Å². The number of rotatable bonds is 6. The molecule has 0 spiro atoms. The summed E-state index contributed by atoms with van der Waals surface area (Å²) in [5.74, 6) is 0.844. The van der Waals surface area contributed by atoms with Crippen molar-refractivity contribution in [2.45, 2.75) is 45.6 Å². The van der Waals surface area contributed by atoms with Crippen LogP contribution in [-0.2, 0) is 0 Å². The van der Waals surface area contributed by atoms with E-state index in [1.54, 1.807) is 16.9 Å². The predicted octanol–water partition coefficient (Wildman–Crippen LogP) is 1.90. The average Bonchev–Trinajstić information content (AvgIpc) is 2.78. The van der Waals surface area contributed by atoms with Gasteiger partial charge in [0.1, 0.15) is 0 Å². The number of aromatic nitrogens is 5. The van der Waals surface area contributed by atoms with Crippen LogP contribution in [0, 0.1) is 0 Å². The highest BCUT2D eigenvalue weighted by Crippen LogP contribution is 2.11. The fraction of sp³-hybridized carbons (Fsp3) is 0.636. The summed E-state index contributed by atoms with van der Waals surface area (Å²) in [5.41, 5.74) is 0.663. The van der Waals surface area contributed by atoms with E-state index in [9.17, 15) is 0 Å². The molecule has 6 nitrogen and oxygen atoms in total. The lowest BCUT2D eigenvalue weighted by Crippen LogP contribution is -2.17. The summed E-state index contributed by atoms with van der Waals surface area (Å²) >= 11 is 0. The summed E-state index contributed by atoms with van der Waals surface area (Å²) in [5, 5.41) is 14.8. The van der Waals surface area contributed by atoms with Crippen LogP contribution < -0.4 is 5.32 Å². The third kappa shape index (κ3) is 2.89. The molecule has 0 amide bonds. The molecule has 1 unspecified atom stereocenters. The van der Waals surface area contributed by atoms with E-state index in [0.717, 1.165) is 12.2 Å². The zero-order chi connectivity index (χ0) is 12.1. The Morgan fingerprint density at radius 2 is 2.24 bits per heavy atom. The number of anilines is 1. The summed E-state index contributed by atoms with van der Waals surface area (Å²) in [4.78, 5) is 4.11. The van der Waals surface area contributed by atoms with Crippen molar-refractivity contribution in [3.05, 3.63) is 12.4 Å². The van der Waals surface area contributed by atoms with Crippen molar-refractivity contribution < 1.29 is 0 Å². The second kappa shape index (κ2) is 5.56. The van der Waals surface area contributed by atoms with Crippen LogP contribution in [0.2, 0.25) is 0 Å². The van der Waals surface area contributed by atoms with Crippen LogP contribution in [0.5, 0.6) is 0 Å². The lowest BCUT2D eigenvalue weighted by Gasteiger charge is -2.14. The van der Waals surface area contributed by atoms with Crippen molar-refractivity contribution in [2.75, 3.05) is 5.32 Å². The monoisotopic (exact) mass is 234 g/mol. The maximum absolute atomic E-state index is 4.11. The topological polar surface area (TPSA) is 68.0 Å². The van der Waals surface area contributed by atoms with Gasteiger partial charge in [0.25, 0.3) is 0 Å². The minimum absolute atomic E-state index is 0.401. The number of fused-ring (bicyclic) bond motifs is 1. The predicted molar refractivity (Wildman–Crippen MR) is 65.8 cm³/mol. The lowest BCUT2D eigenvalue weighted by atomic mass is 10.1. The number of unbranched alkanes of at least 4 members (excludes halogenated alkanes) is 2. The Morgan fingerprint density at radius 1 is 1.35 bits per heavy atom. The first-order valence-electron chi connectivity index (χ1n) is 6.10. The van der Waals surface area contributed by atoms with Crippen LogP contribution >= 0.6 is 0 Å². The van der Waals surface area contributed by atoms with Gasteiger partial charge in [-0.05, 0) is 23.8 Å².